The third-order valence-corrected chi connectivity index (χ3v) is 4.97. The Morgan fingerprint density at radius 3 is 2.88 bits per heavy atom. The molecule has 0 bridgehead atoms. The zero-order valence-corrected chi connectivity index (χ0v) is 14.7. The Balaban J connectivity index is 1.68. The summed E-state index contributed by atoms with van der Waals surface area (Å²) in [7, 11) is 4.02. The number of likely N-dealkylation sites (N-methyl/N-ethyl adjacent to an activating group) is 1. The lowest BCUT2D eigenvalue weighted by molar-refractivity contribution is -0.116. The standard InChI is InChI=1S/C18H21N3O2S/c1-21(2)16(14-7-8-24-11-14)10-19-18(23)13-3-5-15-12(9-13)4-6-17(22)20-15/h3,5,7-9,11,16H,4,6,10H2,1-2H3,(H,19,23)(H,20,22). The first-order valence-corrected chi connectivity index (χ1v) is 8.88. The summed E-state index contributed by atoms with van der Waals surface area (Å²) in [5.41, 5.74) is 3.67. The van der Waals surface area contributed by atoms with E-state index in [0.717, 1.165) is 11.3 Å². The van der Waals surface area contributed by atoms with Crippen LogP contribution in [-0.2, 0) is 11.2 Å². The first-order chi connectivity index (χ1) is 11.5. The van der Waals surface area contributed by atoms with Crippen LogP contribution in [0.3, 0.4) is 0 Å². The van der Waals surface area contributed by atoms with E-state index in [-0.39, 0.29) is 17.9 Å². The number of nitrogens with one attached hydrogen (secondary N) is 2. The fourth-order valence-electron chi connectivity index (χ4n) is 2.88. The minimum atomic E-state index is -0.0863. The molecule has 2 heterocycles. The maximum absolute atomic E-state index is 12.5. The maximum Gasteiger partial charge on any atom is 0.251 e. The smallest absolute Gasteiger partial charge is 0.251 e. The number of aryl methyl sites for hydroxylation is 1. The van der Waals surface area contributed by atoms with E-state index in [9.17, 15) is 9.59 Å². The molecule has 3 rings (SSSR count). The highest BCUT2D eigenvalue weighted by Gasteiger charge is 2.19. The molecule has 0 saturated carbocycles. The Morgan fingerprint density at radius 1 is 1.33 bits per heavy atom. The van der Waals surface area contributed by atoms with Gasteiger partial charge in [0, 0.05) is 24.2 Å². The Hall–Kier alpha value is -2.18. The lowest BCUT2D eigenvalue weighted by Gasteiger charge is -2.24. The fourth-order valence-corrected chi connectivity index (χ4v) is 3.59. The molecule has 0 fully saturated rings. The van der Waals surface area contributed by atoms with Crippen molar-refractivity contribution >= 4 is 28.8 Å². The molecule has 1 aliphatic heterocycles. The second-order valence-corrected chi connectivity index (χ2v) is 6.95. The van der Waals surface area contributed by atoms with E-state index in [1.807, 2.05) is 31.6 Å². The zero-order chi connectivity index (χ0) is 17.1. The third kappa shape index (κ3) is 3.66. The van der Waals surface area contributed by atoms with Crippen LogP contribution < -0.4 is 10.6 Å². The van der Waals surface area contributed by atoms with Gasteiger partial charge in [-0.05, 0) is 66.7 Å². The second-order valence-electron chi connectivity index (χ2n) is 6.17. The van der Waals surface area contributed by atoms with Crippen molar-refractivity contribution in [1.29, 1.82) is 0 Å². The third-order valence-electron chi connectivity index (χ3n) is 4.27. The summed E-state index contributed by atoms with van der Waals surface area (Å²) in [6, 6.07) is 7.68. The molecule has 0 aliphatic carbocycles. The van der Waals surface area contributed by atoms with E-state index >= 15 is 0 Å². The molecule has 5 nitrogen and oxygen atoms in total. The number of fused-ring (bicyclic) bond motifs is 1. The van der Waals surface area contributed by atoms with Crippen LogP contribution in [0, 0.1) is 0 Å². The van der Waals surface area contributed by atoms with Crippen LogP contribution in [0.15, 0.2) is 35.0 Å². The Bertz CT molecular complexity index is 741. The number of nitrogens with zero attached hydrogens (tertiary/aromatic N) is 1. The van der Waals surface area contributed by atoms with E-state index in [1.165, 1.54) is 5.56 Å². The average Bonchev–Trinajstić information content (AvgIpc) is 3.08. The van der Waals surface area contributed by atoms with Gasteiger partial charge in [0.15, 0.2) is 0 Å². The summed E-state index contributed by atoms with van der Waals surface area (Å²) in [5.74, 6) is -0.0546. The maximum atomic E-state index is 12.5. The van der Waals surface area contributed by atoms with Crippen molar-refractivity contribution in [3.63, 3.8) is 0 Å². The van der Waals surface area contributed by atoms with Gasteiger partial charge in [-0.3, -0.25) is 9.59 Å². The molecule has 1 atom stereocenters. The molecule has 126 valence electrons. The first-order valence-electron chi connectivity index (χ1n) is 7.94. The average molecular weight is 343 g/mol. The number of carbonyl (C=O) groups is 2. The zero-order valence-electron chi connectivity index (χ0n) is 13.8. The van der Waals surface area contributed by atoms with Gasteiger partial charge in [-0.1, -0.05) is 0 Å². The Kier molecular flexibility index (Phi) is 4.97. The monoisotopic (exact) mass is 343 g/mol. The van der Waals surface area contributed by atoms with Crippen LogP contribution in [0.4, 0.5) is 5.69 Å². The van der Waals surface area contributed by atoms with E-state index < -0.39 is 0 Å². The van der Waals surface area contributed by atoms with Gasteiger partial charge in [-0.15, -0.1) is 0 Å². The van der Waals surface area contributed by atoms with E-state index in [2.05, 4.69) is 27.0 Å². The van der Waals surface area contributed by atoms with Gasteiger partial charge in [-0.25, -0.2) is 0 Å². The molecule has 24 heavy (non-hydrogen) atoms. The summed E-state index contributed by atoms with van der Waals surface area (Å²) in [6.07, 6.45) is 1.15. The van der Waals surface area contributed by atoms with Gasteiger partial charge in [-0.2, -0.15) is 11.3 Å². The number of hydrogen-bond donors (Lipinski definition) is 2. The topological polar surface area (TPSA) is 61.4 Å². The van der Waals surface area contributed by atoms with E-state index in [1.54, 1.807) is 17.4 Å². The normalized spacial score (nSPS) is 14.9. The molecule has 0 spiro atoms. The molecule has 2 aromatic rings. The number of thiophene rings is 1. The molecule has 1 aromatic carbocycles. The summed E-state index contributed by atoms with van der Waals surface area (Å²) in [4.78, 5) is 26.0. The summed E-state index contributed by atoms with van der Waals surface area (Å²) >= 11 is 1.66. The van der Waals surface area contributed by atoms with Crippen molar-refractivity contribution in [2.45, 2.75) is 18.9 Å². The van der Waals surface area contributed by atoms with Gasteiger partial charge in [0.25, 0.3) is 5.91 Å². The number of carbonyl (C=O) groups excluding carboxylic acids is 2. The van der Waals surface area contributed by atoms with Gasteiger partial charge in [0.1, 0.15) is 0 Å². The Labute approximate surface area is 145 Å². The largest absolute Gasteiger partial charge is 0.350 e. The highest BCUT2D eigenvalue weighted by Crippen LogP contribution is 2.24. The van der Waals surface area contributed by atoms with Gasteiger partial charge in [0.05, 0.1) is 6.04 Å². The highest BCUT2D eigenvalue weighted by molar-refractivity contribution is 7.07. The molecule has 1 aliphatic rings. The number of rotatable bonds is 5. The van der Waals surface area contributed by atoms with Crippen LogP contribution in [0.1, 0.15) is 33.9 Å². The number of anilines is 1. The number of benzene rings is 1. The molecule has 1 unspecified atom stereocenters. The summed E-state index contributed by atoms with van der Waals surface area (Å²) in [6.45, 7) is 0.552. The molecule has 2 amide bonds. The summed E-state index contributed by atoms with van der Waals surface area (Å²) < 4.78 is 0. The highest BCUT2D eigenvalue weighted by atomic mass is 32.1. The molecule has 2 N–H and O–H groups in total. The minimum Gasteiger partial charge on any atom is -0.350 e. The van der Waals surface area contributed by atoms with Crippen molar-refractivity contribution in [3.05, 3.63) is 51.7 Å². The van der Waals surface area contributed by atoms with Crippen LogP contribution in [-0.4, -0.2) is 37.4 Å². The Morgan fingerprint density at radius 2 is 2.17 bits per heavy atom. The molecule has 0 radical (unpaired) electrons. The fraction of sp³-hybridized carbons (Fsp3) is 0.333. The van der Waals surface area contributed by atoms with Crippen molar-refractivity contribution in [1.82, 2.24) is 10.2 Å². The van der Waals surface area contributed by atoms with Gasteiger partial charge >= 0.3 is 0 Å². The van der Waals surface area contributed by atoms with E-state index in [0.29, 0.717) is 24.9 Å². The molecule has 6 heteroatoms. The van der Waals surface area contributed by atoms with Crippen LogP contribution in [0.2, 0.25) is 0 Å². The molecule has 0 saturated heterocycles. The van der Waals surface area contributed by atoms with Gasteiger partial charge in [0.2, 0.25) is 5.91 Å². The lowest BCUT2D eigenvalue weighted by Crippen LogP contribution is -2.34. The number of hydrogen-bond acceptors (Lipinski definition) is 4. The quantitative estimate of drug-likeness (QED) is 0.877. The van der Waals surface area contributed by atoms with Crippen LogP contribution >= 0.6 is 11.3 Å². The van der Waals surface area contributed by atoms with Crippen LogP contribution in [0.5, 0.6) is 0 Å². The minimum absolute atomic E-state index is 0.0317. The molecule has 1 aromatic heterocycles. The van der Waals surface area contributed by atoms with Crippen molar-refractivity contribution in [2.24, 2.45) is 0 Å². The molecular formula is C18H21N3O2S. The molecular weight excluding hydrogens is 322 g/mol. The van der Waals surface area contributed by atoms with Gasteiger partial charge < -0.3 is 15.5 Å². The predicted octanol–water partition coefficient (Wildman–Crippen LogP) is 2.67. The van der Waals surface area contributed by atoms with Crippen molar-refractivity contribution in [3.8, 4) is 0 Å². The SMILES string of the molecule is CN(C)C(CNC(=O)c1ccc2c(c1)CCC(=O)N2)c1ccsc1. The van der Waals surface area contributed by atoms with Crippen LogP contribution in [0.25, 0.3) is 0 Å². The van der Waals surface area contributed by atoms with Crippen molar-refractivity contribution in [2.75, 3.05) is 26.0 Å². The second kappa shape index (κ2) is 7.15. The van der Waals surface area contributed by atoms with E-state index in [4.69, 9.17) is 0 Å². The first kappa shape index (κ1) is 16.7. The van der Waals surface area contributed by atoms with Crippen molar-refractivity contribution < 1.29 is 9.59 Å². The summed E-state index contributed by atoms with van der Waals surface area (Å²) in [5, 5.41) is 10.0. The number of amides is 2. The predicted molar refractivity (Wildman–Crippen MR) is 96.5 cm³/mol. The lowest BCUT2D eigenvalue weighted by atomic mass is 10.00.